The molecule has 0 saturated carbocycles. The van der Waals surface area contributed by atoms with Crippen molar-refractivity contribution < 1.29 is 9.47 Å². The largest absolute Gasteiger partial charge is 0.497 e. The molecule has 0 bridgehead atoms. The second-order valence-electron chi connectivity index (χ2n) is 7.36. The molecule has 1 aliphatic heterocycles. The van der Waals surface area contributed by atoms with Gasteiger partial charge in [-0.3, -0.25) is 9.89 Å². The first kappa shape index (κ1) is 22.2. The van der Waals surface area contributed by atoms with E-state index in [1.54, 1.807) is 25.6 Å². The molecule has 0 radical (unpaired) electrons. The van der Waals surface area contributed by atoms with E-state index in [0.717, 1.165) is 66.6 Å². The lowest BCUT2D eigenvalue weighted by atomic mass is 10.1. The maximum atomic E-state index is 5.52. The van der Waals surface area contributed by atoms with Crippen LogP contribution in [0.25, 0.3) is 0 Å². The van der Waals surface area contributed by atoms with Crippen molar-refractivity contribution in [2.45, 2.75) is 13.1 Å². The van der Waals surface area contributed by atoms with E-state index in [2.05, 4.69) is 36.5 Å². The number of benzene rings is 1. The number of aromatic nitrogens is 1. The number of ether oxygens (including phenoxy) is 2. The van der Waals surface area contributed by atoms with E-state index in [-0.39, 0.29) is 0 Å². The van der Waals surface area contributed by atoms with Crippen LogP contribution >= 0.6 is 11.3 Å². The Hall–Kier alpha value is -2.52. The number of guanidine groups is 1. The zero-order chi connectivity index (χ0) is 21.5. The third kappa shape index (κ3) is 5.54. The Bertz CT molecular complexity index is 846. The summed E-state index contributed by atoms with van der Waals surface area (Å²) < 4.78 is 10.9. The lowest BCUT2D eigenvalue weighted by Crippen LogP contribution is -2.52. The van der Waals surface area contributed by atoms with Crippen LogP contribution in [0.4, 0.5) is 5.13 Å². The summed E-state index contributed by atoms with van der Waals surface area (Å²) >= 11 is 1.65. The lowest BCUT2D eigenvalue weighted by molar-refractivity contribution is 0.171. The second kappa shape index (κ2) is 10.5. The monoisotopic (exact) mass is 432 g/mol. The van der Waals surface area contributed by atoms with Crippen LogP contribution < -0.4 is 19.7 Å². The second-order valence-corrected chi connectivity index (χ2v) is 8.19. The third-order valence-corrected chi connectivity index (χ3v) is 6.17. The van der Waals surface area contributed by atoms with E-state index in [1.807, 2.05) is 38.2 Å². The van der Waals surface area contributed by atoms with Crippen molar-refractivity contribution in [3.63, 3.8) is 0 Å². The first-order chi connectivity index (χ1) is 14.5. The van der Waals surface area contributed by atoms with Crippen LogP contribution in [0.1, 0.15) is 11.3 Å². The summed E-state index contributed by atoms with van der Waals surface area (Å²) in [4.78, 5) is 15.9. The molecule has 8 nitrogen and oxygen atoms in total. The summed E-state index contributed by atoms with van der Waals surface area (Å²) in [5.41, 5.74) is 2.18. The van der Waals surface area contributed by atoms with Crippen molar-refractivity contribution in [1.82, 2.24) is 20.1 Å². The molecular formula is C21H32N6O2S. The Morgan fingerprint density at radius 2 is 1.97 bits per heavy atom. The van der Waals surface area contributed by atoms with Crippen molar-refractivity contribution in [3.8, 4) is 11.5 Å². The highest BCUT2D eigenvalue weighted by molar-refractivity contribution is 7.13. The maximum absolute atomic E-state index is 5.52. The van der Waals surface area contributed by atoms with E-state index < -0.39 is 0 Å². The lowest BCUT2D eigenvalue weighted by Gasteiger charge is -2.36. The molecule has 9 heteroatoms. The van der Waals surface area contributed by atoms with E-state index >= 15 is 0 Å². The number of aliphatic imine (C=N–C) groups is 1. The van der Waals surface area contributed by atoms with Crippen LogP contribution in [-0.2, 0) is 13.1 Å². The standard InChI is InChI=1S/C21H32N6O2S/c1-22-20(23-13-17-15-30-21(24-17)25(2)3)27-10-8-26(9-11-27)14-16-12-18(28-4)6-7-19(16)29-5/h6-7,12,15H,8-11,13-14H2,1-5H3,(H,22,23). The quantitative estimate of drug-likeness (QED) is 0.531. The molecule has 164 valence electrons. The van der Waals surface area contributed by atoms with Crippen LogP contribution in [0.5, 0.6) is 11.5 Å². The van der Waals surface area contributed by atoms with Gasteiger partial charge in [0.2, 0.25) is 0 Å². The molecule has 2 heterocycles. The number of thiazole rings is 1. The number of hydrogen-bond acceptors (Lipinski definition) is 7. The molecule has 0 aliphatic carbocycles. The zero-order valence-electron chi connectivity index (χ0n) is 18.5. The van der Waals surface area contributed by atoms with Crippen LogP contribution in [0.15, 0.2) is 28.6 Å². The Balaban J connectivity index is 1.52. The molecule has 0 unspecified atom stereocenters. The number of rotatable bonds is 7. The minimum Gasteiger partial charge on any atom is -0.497 e. The predicted molar refractivity (Wildman–Crippen MR) is 123 cm³/mol. The van der Waals surface area contributed by atoms with E-state index in [1.165, 1.54) is 0 Å². The van der Waals surface area contributed by atoms with Crippen molar-refractivity contribution in [1.29, 1.82) is 0 Å². The van der Waals surface area contributed by atoms with Gasteiger partial charge in [-0.25, -0.2) is 4.98 Å². The minimum atomic E-state index is 0.679. The van der Waals surface area contributed by atoms with Gasteiger partial charge in [0.25, 0.3) is 0 Å². The number of anilines is 1. The number of piperazine rings is 1. The summed E-state index contributed by atoms with van der Waals surface area (Å²) in [6, 6.07) is 5.96. The number of nitrogens with one attached hydrogen (secondary N) is 1. The Morgan fingerprint density at radius 3 is 2.57 bits per heavy atom. The molecule has 1 N–H and O–H groups in total. The normalized spacial score (nSPS) is 15.2. The molecular weight excluding hydrogens is 400 g/mol. The van der Waals surface area contributed by atoms with Gasteiger partial charge in [0, 0.05) is 64.8 Å². The highest BCUT2D eigenvalue weighted by Gasteiger charge is 2.21. The summed E-state index contributed by atoms with van der Waals surface area (Å²) in [7, 11) is 9.26. The van der Waals surface area contributed by atoms with Gasteiger partial charge >= 0.3 is 0 Å². The van der Waals surface area contributed by atoms with Gasteiger partial charge in [-0.1, -0.05) is 0 Å². The molecule has 3 rings (SSSR count). The molecule has 1 aromatic heterocycles. The van der Waals surface area contributed by atoms with Crippen LogP contribution in [-0.4, -0.2) is 82.3 Å². The fourth-order valence-corrected chi connectivity index (χ4v) is 4.21. The van der Waals surface area contributed by atoms with Gasteiger partial charge < -0.3 is 24.6 Å². The third-order valence-electron chi connectivity index (χ3n) is 5.11. The van der Waals surface area contributed by atoms with Crippen LogP contribution in [0.2, 0.25) is 0 Å². The Morgan fingerprint density at radius 1 is 1.20 bits per heavy atom. The van der Waals surface area contributed by atoms with E-state index in [4.69, 9.17) is 9.47 Å². The molecule has 0 atom stereocenters. The van der Waals surface area contributed by atoms with Crippen molar-refractivity contribution in [2.75, 3.05) is 66.4 Å². The first-order valence-corrected chi connectivity index (χ1v) is 10.9. The minimum absolute atomic E-state index is 0.679. The molecule has 0 amide bonds. The molecule has 1 saturated heterocycles. The highest BCUT2D eigenvalue weighted by atomic mass is 32.1. The summed E-state index contributed by atoms with van der Waals surface area (Å²) in [6.07, 6.45) is 0. The average molecular weight is 433 g/mol. The number of nitrogens with zero attached hydrogens (tertiary/aromatic N) is 5. The predicted octanol–water partition coefficient (Wildman–Crippen LogP) is 2.12. The van der Waals surface area contributed by atoms with Crippen LogP contribution in [0.3, 0.4) is 0 Å². The number of hydrogen-bond donors (Lipinski definition) is 1. The molecule has 0 spiro atoms. The summed E-state index contributed by atoms with van der Waals surface area (Å²) in [5.74, 6) is 2.68. The molecule has 1 fully saturated rings. The SMILES string of the molecule is CN=C(NCc1csc(N(C)C)n1)N1CCN(Cc2cc(OC)ccc2OC)CC1. The van der Waals surface area contributed by atoms with Gasteiger partial charge in [0.15, 0.2) is 11.1 Å². The fourth-order valence-electron chi connectivity index (χ4n) is 3.45. The Kier molecular flexibility index (Phi) is 7.75. The highest BCUT2D eigenvalue weighted by Crippen LogP contribution is 2.25. The van der Waals surface area contributed by atoms with Gasteiger partial charge in [-0.15, -0.1) is 11.3 Å². The van der Waals surface area contributed by atoms with Gasteiger partial charge in [-0.05, 0) is 18.2 Å². The van der Waals surface area contributed by atoms with Crippen molar-refractivity contribution >= 4 is 22.4 Å². The average Bonchev–Trinajstić information content (AvgIpc) is 3.24. The Labute approximate surface area is 183 Å². The van der Waals surface area contributed by atoms with E-state index in [9.17, 15) is 0 Å². The molecule has 1 aromatic carbocycles. The first-order valence-electron chi connectivity index (χ1n) is 10.0. The van der Waals surface area contributed by atoms with Crippen LogP contribution in [0, 0.1) is 0 Å². The van der Waals surface area contributed by atoms with Crippen molar-refractivity contribution in [2.24, 2.45) is 4.99 Å². The fraction of sp³-hybridized carbons (Fsp3) is 0.524. The molecule has 1 aliphatic rings. The topological polar surface area (TPSA) is 65.5 Å². The van der Waals surface area contributed by atoms with Gasteiger partial charge in [0.05, 0.1) is 26.5 Å². The summed E-state index contributed by atoms with van der Waals surface area (Å²) in [6.45, 7) is 5.29. The van der Waals surface area contributed by atoms with Crippen molar-refractivity contribution in [3.05, 3.63) is 34.8 Å². The van der Waals surface area contributed by atoms with Gasteiger partial charge in [-0.2, -0.15) is 0 Å². The van der Waals surface area contributed by atoms with E-state index in [0.29, 0.717) is 6.54 Å². The maximum Gasteiger partial charge on any atom is 0.194 e. The molecule has 2 aromatic rings. The zero-order valence-corrected chi connectivity index (χ0v) is 19.3. The smallest absolute Gasteiger partial charge is 0.194 e. The van der Waals surface area contributed by atoms with Gasteiger partial charge in [0.1, 0.15) is 11.5 Å². The number of methoxy groups -OCH3 is 2. The summed E-state index contributed by atoms with van der Waals surface area (Å²) in [5, 5.41) is 6.56. The molecule has 30 heavy (non-hydrogen) atoms.